The third-order valence-corrected chi connectivity index (χ3v) is 8.45. The number of aliphatic carboxylic acids is 1. The maximum Gasteiger partial charge on any atom is 0.352 e. The van der Waals surface area contributed by atoms with E-state index in [-0.39, 0.29) is 35.5 Å². The number of nitrogens with zero attached hydrogens (tertiary/aromatic N) is 9. The van der Waals surface area contributed by atoms with Crippen molar-refractivity contribution in [3.8, 4) is 0 Å². The Labute approximate surface area is 205 Å². The fourth-order valence-electron chi connectivity index (χ4n) is 3.37. The third kappa shape index (κ3) is 5.53. The number of carbonyl (C=O) groups is 3. The summed E-state index contributed by atoms with van der Waals surface area (Å²) in [4.78, 5) is 47.9. The van der Waals surface area contributed by atoms with E-state index in [0.29, 0.717) is 5.57 Å². The molecule has 1 unspecified atom stereocenters. The molecule has 2 amide bonds. The molecule has 17 nitrogen and oxygen atoms in total. The molecule has 20 heteroatoms. The van der Waals surface area contributed by atoms with Crippen LogP contribution in [0.5, 0.6) is 0 Å². The molecule has 4 heterocycles. The molecule has 35 heavy (non-hydrogen) atoms. The summed E-state index contributed by atoms with van der Waals surface area (Å²) in [6.45, 7) is 1.43. The minimum atomic E-state index is -3.95. The van der Waals surface area contributed by atoms with Crippen LogP contribution in [-0.2, 0) is 36.3 Å². The van der Waals surface area contributed by atoms with E-state index >= 15 is 0 Å². The van der Waals surface area contributed by atoms with Crippen LogP contribution in [0.2, 0.25) is 0 Å². The standard InChI is InChI=1S/C15H19N10O7PS2/c1-2-32-33(30,31)7-24-15(18-20-22-24)35-5-8-4-34-13-10(12(27)25(13)11(8)14(28)29)17-9(26)3-23-6-16-19-21-23/h6,10,13H,2-5,7H2,1H3,(H,17,26)(H,28,29)(H,30,31)/t10-,13-/m1/s1. The number of carbonyl (C=O) groups excluding carboxylic acids is 2. The van der Waals surface area contributed by atoms with Gasteiger partial charge in [0.2, 0.25) is 11.1 Å². The van der Waals surface area contributed by atoms with Crippen LogP contribution in [0, 0.1) is 0 Å². The second-order valence-electron chi connectivity index (χ2n) is 7.17. The van der Waals surface area contributed by atoms with Gasteiger partial charge in [0.05, 0.1) is 6.61 Å². The summed E-state index contributed by atoms with van der Waals surface area (Å²) in [6.07, 6.45) is 0.792. The molecule has 2 aromatic rings. The van der Waals surface area contributed by atoms with Gasteiger partial charge in [-0.15, -0.1) is 22.0 Å². The topological polar surface area (TPSA) is 220 Å². The summed E-state index contributed by atoms with van der Waals surface area (Å²) < 4.78 is 19.2. The Morgan fingerprint density at radius 2 is 2.17 bits per heavy atom. The number of aromatic nitrogens is 8. The van der Waals surface area contributed by atoms with Crippen LogP contribution in [0.1, 0.15) is 6.92 Å². The van der Waals surface area contributed by atoms with Gasteiger partial charge < -0.3 is 19.8 Å². The zero-order valence-corrected chi connectivity index (χ0v) is 20.5. The minimum Gasteiger partial charge on any atom is -0.477 e. The van der Waals surface area contributed by atoms with E-state index in [2.05, 4.69) is 36.4 Å². The van der Waals surface area contributed by atoms with E-state index in [1.165, 1.54) is 22.8 Å². The lowest BCUT2D eigenvalue weighted by molar-refractivity contribution is -0.150. The first-order valence-corrected chi connectivity index (χ1v) is 13.8. The molecular weight excluding hydrogens is 527 g/mol. The lowest BCUT2D eigenvalue weighted by Gasteiger charge is -2.49. The quantitative estimate of drug-likeness (QED) is 0.164. The van der Waals surface area contributed by atoms with Crippen molar-refractivity contribution in [2.24, 2.45) is 0 Å². The lowest BCUT2D eigenvalue weighted by Crippen LogP contribution is -2.70. The molecule has 4 rings (SSSR count). The van der Waals surface area contributed by atoms with Crippen molar-refractivity contribution >= 4 is 48.9 Å². The maximum atomic E-state index is 12.7. The van der Waals surface area contributed by atoms with E-state index in [1.54, 1.807) is 6.92 Å². The Morgan fingerprint density at radius 3 is 2.86 bits per heavy atom. The number of fused-ring (bicyclic) bond motifs is 1. The van der Waals surface area contributed by atoms with E-state index in [4.69, 9.17) is 4.52 Å². The lowest BCUT2D eigenvalue weighted by atomic mass is 10.0. The second-order valence-corrected chi connectivity index (χ2v) is 11.0. The highest BCUT2D eigenvalue weighted by Gasteiger charge is 2.54. The molecule has 0 bridgehead atoms. The number of hydrogen-bond donors (Lipinski definition) is 3. The fourth-order valence-corrected chi connectivity index (χ4v) is 6.84. The zero-order valence-electron chi connectivity index (χ0n) is 18.0. The van der Waals surface area contributed by atoms with E-state index in [1.807, 2.05) is 0 Å². The highest BCUT2D eigenvalue weighted by atomic mass is 32.2. The number of nitrogens with one attached hydrogen (secondary N) is 1. The molecule has 1 fully saturated rings. The van der Waals surface area contributed by atoms with E-state index < -0.39 is 43.1 Å². The zero-order chi connectivity index (χ0) is 25.2. The van der Waals surface area contributed by atoms with Gasteiger partial charge in [0, 0.05) is 11.5 Å². The number of carboxylic acids is 1. The van der Waals surface area contributed by atoms with Crippen molar-refractivity contribution in [2.75, 3.05) is 18.1 Å². The molecule has 3 atom stereocenters. The molecule has 0 aliphatic carbocycles. The monoisotopic (exact) mass is 546 g/mol. The summed E-state index contributed by atoms with van der Waals surface area (Å²) in [6, 6.07) is -0.878. The van der Waals surface area contributed by atoms with Crippen LogP contribution in [0.4, 0.5) is 0 Å². The molecule has 0 aromatic carbocycles. The smallest absolute Gasteiger partial charge is 0.352 e. The van der Waals surface area contributed by atoms with Gasteiger partial charge in [0.15, 0.2) is 0 Å². The molecule has 3 N–H and O–H groups in total. The molecule has 2 aliphatic heterocycles. The van der Waals surface area contributed by atoms with Gasteiger partial charge in [0.1, 0.15) is 36.3 Å². The van der Waals surface area contributed by atoms with Gasteiger partial charge in [0.25, 0.3) is 5.91 Å². The second kappa shape index (κ2) is 10.4. The Kier molecular flexibility index (Phi) is 7.50. The number of hydrogen-bond acceptors (Lipinski definition) is 13. The molecule has 2 aromatic heterocycles. The van der Waals surface area contributed by atoms with Gasteiger partial charge >= 0.3 is 13.6 Å². The van der Waals surface area contributed by atoms with Gasteiger partial charge in [-0.3, -0.25) is 19.1 Å². The molecule has 0 spiro atoms. The molecular formula is C15H19N10O7PS2. The van der Waals surface area contributed by atoms with Crippen molar-refractivity contribution in [3.05, 3.63) is 17.6 Å². The van der Waals surface area contributed by atoms with Crippen molar-refractivity contribution in [3.63, 3.8) is 0 Å². The number of carboxylic acid groups (broad SMARTS) is 1. The SMILES string of the molecule is CCOP(=O)(O)Cn1nnnc1SCC1=C(C(=O)O)N2C(=O)[C@@H](NC(=O)Cn3cnnn3)[C@H]2SC1. The van der Waals surface area contributed by atoms with E-state index in [0.717, 1.165) is 21.3 Å². The molecule has 1 saturated heterocycles. The summed E-state index contributed by atoms with van der Waals surface area (Å²) in [5.41, 5.74) is 0.278. The largest absolute Gasteiger partial charge is 0.477 e. The van der Waals surface area contributed by atoms with Crippen molar-refractivity contribution in [2.45, 2.75) is 36.3 Å². The van der Waals surface area contributed by atoms with Gasteiger partial charge in [-0.25, -0.2) is 14.2 Å². The predicted molar refractivity (Wildman–Crippen MR) is 117 cm³/mol. The maximum absolute atomic E-state index is 12.7. The molecule has 2 aliphatic rings. The highest BCUT2D eigenvalue weighted by molar-refractivity contribution is 8.01. The van der Waals surface area contributed by atoms with E-state index in [9.17, 15) is 28.9 Å². The third-order valence-electron chi connectivity index (χ3n) is 4.78. The Morgan fingerprint density at radius 1 is 1.37 bits per heavy atom. The van der Waals surface area contributed by atoms with Crippen LogP contribution < -0.4 is 5.32 Å². The van der Waals surface area contributed by atoms with Crippen molar-refractivity contribution in [1.29, 1.82) is 0 Å². The summed E-state index contributed by atoms with van der Waals surface area (Å²) >= 11 is 2.37. The number of amides is 2. The van der Waals surface area contributed by atoms with Crippen molar-refractivity contribution in [1.82, 2.24) is 50.6 Å². The minimum absolute atomic E-state index is 0.0363. The summed E-state index contributed by atoms with van der Waals surface area (Å²) in [7, 11) is -3.95. The van der Waals surface area contributed by atoms with Crippen LogP contribution in [0.15, 0.2) is 22.8 Å². The number of tetrazole rings is 2. The normalized spacial score (nSPS) is 21.3. The fraction of sp³-hybridized carbons (Fsp3) is 0.533. The average Bonchev–Trinajstić information content (AvgIpc) is 3.46. The van der Waals surface area contributed by atoms with Crippen LogP contribution >= 0.6 is 31.1 Å². The Bertz CT molecular complexity index is 1200. The number of β-lactam (4-membered cyclic amide) rings is 1. The first-order valence-electron chi connectivity index (χ1n) is 9.95. The number of thioether (sulfide) groups is 2. The predicted octanol–water partition coefficient (Wildman–Crippen LogP) is -1.63. The molecule has 0 saturated carbocycles. The van der Waals surface area contributed by atoms with Crippen molar-refractivity contribution < 1.29 is 33.5 Å². The highest BCUT2D eigenvalue weighted by Crippen LogP contribution is 2.44. The molecule has 0 radical (unpaired) electrons. The van der Waals surface area contributed by atoms with Crippen LogP contribution in [0.3, 0.4) is 0 Å². The first kappa shape index (κ1) is 25.2. The first-order chi connectivity index (χ1) is 16.7. The van der Waals surface area contributed by atoms with Gasteiger partial charge in [-0.2, -0.15) is 0 Å². The van der Waals surface area contributed by atoms with Gasteiger partial charge in [-0.05, 0) is 33.4 Å². The molecule has 188 valence electrons. The number of rotatable bonds is 11. The van der Waals surface area contributed by atoms with Crippen LogP contribution in [-0.4, -0.2) is 103 Å². The van der Waals surface area contributed by atoms with Gasteiger partial charge in [-0.1, -0.05) is 11.8 Å². The Balaban J connectivity index is 1.43. The Hall–Kier alpha value is -2.86. The van der Waals surface area contributed by atoms with Crippen LogP contribution in [0.25, 0.3) is 0 Å². The average molecular weight is 546 g/mol. The summed E-state index contributed by atoms with van der Waals surface area (Å²) in [5.74, 6) is -1.92. The summed E-state index contributed by atoms with van der Waals surface area (Å²) in [5, 5.41) is 33.4.